The number of carbonyl (C=O) groups excluding carboxylic acids is 2. The molecule has 0 radical (unpaired) electrons. The normalized spacial score (nSPS) is 14.0. The number of rotatable bonds is 18. The highest BCUT2D eigenvalue weighted by Crippen LogP contribution is 2.12. The first kappa shape index (κ1) is 35.0. The number of nitrogens with zero attached hydrogens (tertiary/aromatic N) is 2. The Morgan fingerprint density at radius 3 is 1.62 bits per heavy atom. The van der Waals surface area contributed by atoms with Gasteiger partial charge in [0, 0.05) is 24.2 Å². The molecule has 0 aliphatic rings. The average molecular weight is 589 g/mol. The number of quaternary nitrogens is 2. The number of amides is 2. The number of aliphatic hydroxyl groups excluding tert-OH is 2. The Bertz CT molecular complexity index is 1050. The molecule has 2 aromatic rings. The minimum atomic E-state index is -0.765. The van der Waals surface area contributed by atoms with Crippen LogP contribution in [0.4, 0.5) is 9.59 Å². The maximum Gasteiger partial charge on any atom is 0.407 e. The Labute approximate surface area is 251 Å². The van der Waals surface area contributed by atoms with Crippen molar-refractivity contribution in [1.29, 1.82) is 0 Å². The number of aliphatic hydroxyl groups is 2. The van der Waals surface area contributed by atoms with E-state index >= 15 is 0 Å². The van der Waals surface area contributed by atoms with Crippen molar-refractivity contribution >= 4 is 12.2 Å². The molecule has 4 N–H and O–H groups in total. The number of benzene rings is 2. The first-order valence-corrected chi connectivity index (χ1v) is 14.7. The summed E-state index contributed by atoms with van der Waals surface area (Å²) in [4.78, 5) is 24.1. The molecular formula is C32H52N4O6+2. The van der Waals surface area contributed by atoms with Crippen LogP contribution in [-0.2, 0) is 22.6 Å². The molecular weight excluding hydrogens is 536 g/mol. The maximum absolute atomic E-state index is 12.1. The smallest absolute Gasteiger partial charge is 0.407 e. The topological polar surface area (TPSA) is 117 Å². The van der Waals surface area contributed by atoms with E-state index in [0.29, 0.717) is 41.6 Å². The lowest BCUT2D eigenvalue weighted by molar-refractivity contribution is -0.906. The molecule has 3 unspecified atom stereocenters. The lowest BCUT2D eigenvalue weighted by Crippen LogP contribution is -2.46. The summed E-state index contributed by atoms with van der Waals surface area (Å²) in [5.74, 6) is 0.174. The van der Waals surface area contributed by atoms with E-state index in [1.807, 2.05) is 71.5 Å². The van der Waals surface area contributed by atoms with E-state index in [9.17, 15) is 19.8 Å². The molecule has 0 saturated heterocycles. The van der Waals surface area contributed by atoms with Crippen LogP contribution in [-0.4, -0.2) is 111 Å². The molecule has 0 fully saturated rings. The number of ether oxygens (including phenoxy) is 2. The summed E-state index contributed by atoms with van der Waals surface area (Å²) in [6, 6.07) is 20.1. The lowest BCUT2D eigenvalue weighted by Gasteiger charge is -2.31. The molecule has 0 aliphatic carbocycles. The van der Waals surface area contributed by atoms with Crippen molar-refractivity contribution in [3.8, 4) is 0 Å². The molecule has 0 bridgehead atoms. The summed E-state index contributed by atoms with van der Waals surface area (Å²) in [6.45, 7) is 5.18. The number of hydrogen-bond acceptors (Lipinski definition) is 6. The fourth-order valence-corrected chi connectivity index (χ4v) is 4.98. The fourth-order valence-electron chi connectivity index (χ4n) is 4.98. The number of nitrogens with one attached hydrogen (secondary N) is 2. The number of likely N-dealkylation sites (N-methyl/N-ethyl adjacent to an activating group) is 2. The van der Waals surface area contributed by atoms with Gasteiger partial charge in [-0.25, -0.2) is 9.59 Å². The van der Waals surface area contributed by atoms with Crippen LogP contribution >= 0.6 is 0 Å². The first-order chi connectivity index (χ1) is 19.8. The summed E-state index contributed by atoms with van der Waals surface area (Å²) in [5, 5.41) is 26.2. The highest BCUT2D eigenvalue weighted by atomic mass is 16.6. The zero-order valence-electron chi connectivity index (χ0n) is 26.0. The predicted octanol–water partition coefficient (Wildman–Crippen LogP) is 3.13. The van der Waals surface area contributed by atoms with Gasteiger partial charge in [0.05, 0.1) is 28.2 Å². The van der Waals surface area contributed by atoms with Crippen LogP contribution in [0.25, 0.3) is 0 Å². The standard InChI is InChI=1S/C32H50N4O6/c1-26(19-34-32(40)42-25-30(38)23-36(4,5)21-28-16-10-7-11-17-28)13-12-18-33-31(39)41-24-29(37)22-35(2,3)20-27-14-8-6-9-15-27/h6-11,14-17,26,29-30,37-38H,12-13,18-25H2,1-5H3/p+2. The molecule has 10 nitrogen and oxygen atoms in total. The summed E-state index contributed by atoms with van der Waals surface area (Å²) in [7, 11) is 8.13. The third-order valence-corrected chi connectivity index (χ3v) is 6.87. The first-order valence-electron chi connectivity index (χ1n) is 14.7. The van der Waals surface area contributed by atoms with Gasteiger partial charge in [-0.2, -0.15) is 0 Å². The Hall–Kier alpha value is -3.18. The van der Waals surface area contributed by atoms with Crippen LogP contribution in [0.1, 0.15) is 30.9 Å². The van der Waals surface area contributed by atoms with Gasteiger partial charge in [0.25, 0.3) is 0 Å². The molecule has 0 heterocycles. The van der Waals surface area contributed by atoms with Gasteiger partial charge in [0.15, 0.2) is 0 Å². The second-order valence-electron chi connectivity index (χ2n) is 12.6. The van der Waals surface area contributed by atoms with Gasteiger partial charge in [0.1, 0.15) is 51.6 Å². The molecule has 2 rings (SSSR count). The van der Waals surface area contributed by atoms with E-state index in [-0.39, 0.29) is 19.1 Å². The van der Waals surface area contributed by atoms with E-state index in [0.717, 1.165) is 19.5 Å². The SMILES string of the molecule is CC(CCCNC(=O)OCC(O)C[N+](C)(C)Cc1ccccc1)CNC(=O)OCC(O)C[N+](C)(C)Cc1ccccc1. The van der Waals surface area contributed by atoms with Gasteiger partial charge < -0.3 is 39.3 Å². The van der Waals surface area contributed by atoms with Gasteiger partial charge in [-0.1, -0.05) is 67.6 Å². The number of hydrogen-bond donors (Lipinski definition) is 4. The molecule has 0 aliphatic heterocycles. The van der Waals surface area contributed by atoms with E-state index in [1.165, 1.54) is 11.1 Å². The van der Waals surface area contributed by atoms with Gasteiger partial charge in [-0.05, 0) is 18.8 Å². The molecule has 2 amide bonds. The van der Waals surface area contributed by atoms with Gasteiger partial charge >= 0.3 is 12.2 Å². The van der Waals surface area contributed by atoms with Gasteiger partial charge in [-0.15, -0.1) is 0 Å². The Kier molecular flexibility index (Phi) is 14.8. The van der Waals surface area contributed by atoms with Crippen molar-refractivity contribution in [2.45, 2.75) is 45.1 Å². The largest absolute Gasteiger partial charge is 0.447 e. The van der Waals surface area contributed by atoms with E-state index < -0.39 is 24.4 Å². The Morgan fingerprint density at radius 1 is 0.738 bits per heavy atom. The van der Waals surface area contributed by atoms with Crippen LogP contribution in [0.5, 0.6) is 0 Å². The van der Waals surface area contributed by atoms with Gasteiger partial charge in [0.2, 0.25) is 0 Å². The van der Waals surface area contributed by atoms with Crippen LogP contribution < -0.4 is 10.6 Å². The summed E-state index contributed by atoms with van der Waals surface area (Å²) in [5.41, 5.74) is 2.36. The predicted molar refractivity (Wildman–Crippen MR) is 163 cm³/mol. The van der Waals surface area contributed by atoms with Crippen molar-refractivity contribution in [2.75, 3.05) is 67.6 Å². The average Bonchev–Trinajstić information content (AvgIpc) is 2.92. The summed E-state index contributed by atoms with van der Waals surface area (Å²) < 4.78 is 11.5. The zero-order valence-corrected chi connectivity index (χ0v) is 26.0. The van der Waals surface area contributed by atoms with Crippen LogP contribution in [0, 0.1) is 5.92 Å². The maximum atomic E-state index is 12.1. The third-order valence-electron chi connectivity index (χ3n) is 6.87. The third kappa shape index (κ3) is 15.7. The molecule has 0 aromatic heterocycles. The molecule has 234 valence electrons. The zero-order chi connectivity index (χ0) is 31.0. The van der Waals surface area contributed by atoms with Gasteiger partial charge in [-0.3, -0.25) is 0 Å². The highest BCUT2D eigenvalue weighted by molar-refractivity contribution is 5.67. The van der Waals surface area contributed by atoms with Crippen LogP contribution in [0.2, 0.25) is 0 Å². The van der Waals surface area contributed by atoms with Crippen molar-refractivity contribution in [2.24, 2.45) is 5.92 Å². The Morgan fingerprint density at radius 2 is 1.17 bits per heavy atom. The monoisotopic (exact) mass is 588 g/mol. The summed E-state index contributed by atoms with van der Waals surface area (Å²) >= 11 is 0. The second kappa shape index (κ2) is 17.7. The minimum absolute atomic E-state index is 0.0665. The Balaban J connectivity index is 1.52. The van der Waals surface area contributed by atoms with E-state index in [2.05, 4.69) is 34.9 Å². The molecule has 0 spiro atoms. The molecule has 3 atom stereocenters. The fraction of sp³-hybridized carbons (Fsp3) is 0.562. The number of carbonyl (C=O) groups is 2. The van der Waals surface area contributed by atoms with E-state index in [4.69, 9.17) is 9.47 Å². The molecule has 2 aromatic carbocycles. The van der Waals surface area contributed by atoms with E-state index in [1.54, 1.807) is 0 Å². The van der Waals surface area contributed by atoms with Crippen molar-refractivity contribution < 1.29 is 38.2 Å². The van der Waals surface area contributed by atoms with Crippen LogP contribution in [0.3, 0.4) is 0 Å². The lowest BCUT2D eigenvalue weighted by atomic mass is 10.1. The molecule has 42 heavy (non-hydrogen) atoms. The van der Waals surface area contributed by atoms with Crippen LogP contribution in [0.15, 0.2) is 60.7 Å². The minimum Gasteiger partial charge on any atom is -0.447 e. The second-order valence-corrected chi connectivity index (χ2v) is 12.6. The molecule has 10 heteroatoms. The van der Waals surface area contributed by atoms with Crippen molar-refractivity contribution in [3.63, 3.8) is 0 Å². The number of alkyl carbamates (subject to hydrolysis) is 2. The van der Waals surface area contributed by atoms with Crippen molar-refractivity contribution in [3.05, 3.63) is 71.8 Å². The molecule has 0 saturated carbocycles. The summed E-state index contributed by atoms with van der Waals surface area (Å²) in [6.07, 6.45) is -1.15. The highest BCUT2D eigenvalue weighted by Gasteiger charge is 2.23. The quantitative estimate of drug-likeness (QED) is 0.157. The van der Waals surface area contributed by atoms with Crippen molar-refractivity contribution in [1.82, 2.24) is 10.6 Å².